The number of Topliss-reactive ketones (excluding diaryl/α,β-unsaturated/α-hetero) is 1. The number of nitrogens with zero attached hydrogens (tertiary/aromatic N) is 1. The molecule has 0 bridgehead atoms. The van der Waals surface area contributed by atoms with Gasteiger partial charge in [-0.3, -0.25) is 9.69 Å². The van der Waals surface area contributed by atoms with Gasteiger partial charge >= 0.3 is 6.09 Å². The second-order valence-corrected chi connectivity index (χ2v) is 8.21. The maximum absolute atomic E-state index is 13.5. The van der Waals surface area contributed by atoms with Gasteiger partial charge < -0.3 is 9.72 Å². The molecular weight excluding hydrogens is 420 g/mol. The van der Waals surface area contributed by atoms with Crippen LogP contribution in [0.25, 0.3) is 10.9 Å². The van der Waals surface area contributed by atoms with Crippen molar-refractivity contribution < 1.29 is 14.3 Å². The first kappa shape index (κ1) is 18.7. The standard InChI is InChI=1S/C22H21BrN2O3/c1-22(20(26)18-13-24-19-9-8-16(23)12-17(18)19)10-5-11-25(22)21(27)28-14-15-6-3-2-4-7-15/h2-4,6-9,12-13,24H,5,10-11,14H2,1H3/t22-/m1/s1. The quantitative estimate of drug-likeness (QED) is 0.559. The van der Waals surface area contributed by atoms with Crippen LogP contribution in [-0.2, 0) is 11.3 Å². The minimum absolute atomic E-state index is 0.0639. The van der Waals surface area contributed by atoms with E-state index in [0.717, 1.165) is 27.4 Å². The number of hydrogen-bond donors (Lipinski definition) is 1. The van der Waals surface area contributed by atoms with Gasteiger partial charge in [-0.1, -0.05) is 46.3 Å². The highest BCUT2D eigenvalue weighted by Crippen LogP contribution is 2.35. The van der Waals surface area contributed by atoms with Crippen LogP contribution in [0.2, 0.25) is 0 Å². The van der Waals surface area contributed by atoms with E-state index < -0.39 is 11.6 Å². The number of aromatic nitrogens is 1. The van der Waals surface area contributed by atoms with E-state index in [4.69, 9.17) is 4.74 Å². The van der Waals surface area contributed by atoms with E-state index >= 15 is 0 Å². The molecule has 0 radical (unpaired) electrons. The van der Waals surface area contributed by atoms with Gasteiger partial charge in [-0.2, -0.15) is 0 Å². The van der Waals surface area contributed by atoms with Crippen LogP contribution in [0.4, 0.5) is 4.79 Å². The number of halogens is 1. The average molecular weight is 441 g/mol. The first-order valence-corrected chi connectivity index (χ1v) is 10.1. The molecule has 1 aromatic heterocycles. The molecule has 0 unspecified atom stereocenters. The predicted octanol–water partition coefficient (Wildman–Crippen LogP) is 5.30. The van der Waals surface area contributed by atoms with Crippen LogP contribution in [-0.4, -0.2) is 33.8 Å². The fraction of sp³-hybridized carbons (Fsp3) is 0.273. The molecular formula is C22H21BrN2O3. The summed E-state index contributed by atoms with van der Waals surface area (Å²) in [5.74, 6) is -0.0639. The molecule has 2 heterocycles. The number of rotatable bonds is 4. The number of carbonyl (C=O) groups is 2. The summed E-state index contributed by atoms with van der Waals surface area (Å²) in [6.45, 7) is 2.55. The third-order valence-corrected chi connectivity index (χ3v) is 5.94. The van der Waals surface area contributed by atoms with Gasteiger partial charge in [0.25, 0.3) is 0 Å². The Morgan fingerprint density at radius 3 is 2.79 bits per heavy atom. The third-order valence-electron chi connectivity index (χ3n) is 5.44. The lowest BCUT2D eigenvalue weighted by Crippen LogP contribution is -2.51. The number of aromatic amines is 1. The second kappa shape index (κ2) is 7.43. The van der Waals surface area contributed by atoms with Crippen LogP contribution >= 0.6 is 15.9 Å². The molecule has 1 N–H and O–H groups in total. The molecule has 0 spiro atoms. The minimum atomic E-state index is -0.911. The first-order valence-electron chi connectivity index (χ1n) is 9.29. The zero-order chi connectivity index (χ0) is 19.7. The lowest BCUT2D eigenvalue weighted by atomic mass is 9.88. The van der Waals surface area contributed by atoms with Crippen molar-refractivity contribution in [2.75, 3.05) is 6.54 Å². The number of ketones is 1. The lowest BCUT2D eigenvalue weighted by Gasteiger charge is -2.33. The van der Waals surface area contributed by atoms with Crippen molar-refractivity contribution in [2.45, 2.75) is 31.9 Å². The van der Waals surface area contributed by atoms with Gasteiger partial charge in [0.2, 0.25) is 0 Å². The maximum Gasteiger partial charge on any atom is 0.410 e. The van der Waals surface area contributed by atoms with E-state index in [1.54, 1.807) is 11.1 Å². The van der Waals surface area contributed by atoms with Crippen molar-refractivity contribution in [3.8, 4) is 0 Å². The van der Waals surface area contributed by atoms with Crippen molar-refractivity contribution in [1.82, 2.24) is 9.88 Å². The number of carbonyl (C=O) groups excluding carboxylic acids is 2. The number of fused-ring (bicyclic) bond motifs is 1. The Morgan fingerprint density at radius 2 is 2.00 bits per heavy atom. The van der Waals surface area contributed by atoms with Gasteiger partial charge in [0.1, 0.15) is 12.1 Å². The molecule has 5 nitrogen and oxygen atoms in total. The van der Waals surface area contributed by atoms with Crippen molar-refractivity contribution in [1.29, 1.82) is 0 Å². The van der Waals surface area contributed by atoms with Crippen LogP contribution in [0.3, 0.4) is 0 Å². The van der Waals surface area contributed by atoms with E-state index in [0.29, 0.717) is 18.5 Å². The SMILES string of the molecule is C[C@]1(C(=O)c2c[nH]c3ccc(Br)cc23)CCCN1C(=O)OCc1ccccc1. The third kappa shape index (κ3) is 3.33. The van der Waals surface area contributed by atoms with Gasteiger partial charge in [0, 0.05) is 33.7 Å². The predicted molar refractivity (Wildman–Crippen MR) is 111 cm³/mol. The lowest BCUT2D eigenvalue weighted by molar-refractivity contribution is 0.0553. The van der Waals surface area contributed by atoms with Gasteiger partial charge in [-0.05, 0) is 43.5 Å². The smallest absolute Gasteiger partial charge is 0.410 e. The normalized spacial score (nSPS) is 19.1. The first-order chi connectivity index (χ1) is 13.5. The van der Waals surface area contributed by atoms with Crippen LogP contribution in [0.1, 0.15) is 35.7 Å². The number of H-pyrrole nitrogens is 1. The maximum atomic E-state index is 13.5. The molecule has 3 aromatic rings. The van der Waals surface area contributed by atoms with Gasteiger partial charge in [0.05, 0.1) is 0 Å². The fourth-order valence-electron chi connectivity index (χ4n) is 3.86. The molecule has 1 atom stereocenters. The van der Waals surface area contributed by atoms with E-state index in [1.165, 1.54) is 0 Å². The Balaban J connectivity index is 1.57. The highest BCUT2D eigenvalue weighted by atomic mass is 79.9. The molecule has 6 heteroatoms. The molecule has 1 saturated heterocycles. The average Bonchev–Trinajstić information content (AvgIpc) is 3.30. The Hall–Kier alpha value is -2.60. The van der Waals surface area contributed by atoms with Crippen LogP contribution in [0.15, 0.2) is 59.2 Å². The molecule has 28 heavy (non-hydrogen) atoms. The summed E-state index contributed by atoms with van der Waals surface area (Å²) in [7, 11) is 0. The van der Waals surface area contributed by atoms with Crippen LogP contribution in [0.5, 0.6) is 0 Å². The summed E-state index contributed by atoms with van der Waals surface area (Å²) in [5, 5.41) is 0.852. The van der Waals surface area contributed by atoms with E-state index in [1.807, 2.05) is 55.5 Å². The molecule has 1 aliphatic heterocycles. The zero-order valence-corrected chi connectivity index (χ0v) is 17.2. The Bertz CT molecular complexity index is 1030. The summed E-state index contributed by atoms with van der Waals surface area (Å²) in [4.78, 5) is 31.0. The van der Waals surface area contributed by atoms with Gasteiger partial charge in [0.15, 0.2) is 5.78 Å². The highest BCUT2D eigenvalue weighted by Gasteiger charge is 2.47. The van der Waals surface area contributed by atoms with Gasteiger partial charge in [-0.25, -0.2) is 4.79 Å². The van der Waals surface area contributed by atoms with Crippen LogP contribution < -0.4 is 0 Å². The Morgan fingerprint density at radius 1 is 1.21 bits per heavy atom. The molecule has 1 aliphatic rings. The summed E-state index contributed by atoms with van der Waals surface area (Å²) in [6, 6.07) is 15.3. The van der Waals surface area contributed by atoms with Gasteiger partial charge in [-0.15, -0.1) is 0 Å². The number of hydrogen-bond acceptors (Lipinski definition) is 3. The molecule has 0 aliphatic carbocycles. The second-order valence-electron chi connectivity index (χ2n) is 7.29. The van der Waals surface area contributed by atoms with Crippen molar-refractivity contribution in [3.05, 3.63) is 70.3 Å². The Labute approximate surface area is 171 Å². The summed E-state index contributed by atoms with van der Waals surface area (Å²) in [5.41, 5.74) is 1.50. The molecule has 4 rings (SSSR count). The largest absolute Gasteiger partial charge is 0.445 e. The number of likely N-dealkylation sites (tertiary alicyclic amines) is 1. The Kier molecular flexibility index (Phi) is 4.98. The number of ether oxygens (including phenoxy) is 1. The van der Waals surface area contributed by atoms with Crippen molar-refractivity contribution in [3.63, 3.8) is 0 Å². The molecule has 144 valence electrons. The fourth-order valence-corrected chi connectivity index (χ4v) is 4.22. The molecule has 2 aromatic carbocycles. The van der Waals surface area contributed by atoms with E-state index in [9.17, 15) is 9.59 Å². The number of amides is 1. The number of benzene rings is 2. The molecule has 1 amide bonds. The van der Waals surface area contributed by atoms with Crippen molar-refractivity contribution in [2.24, 2.45) is 0 Å². The van der Waals surface area contributed by atoms with E-state index in [-0.39, 0.29) is 12.4 Å². The monoisotopic (exact) mass is 440 g/mol. The number of nitrogens with one attached hydrogen (secondary N) is 1. The van der Waals surface area contributed by atoms with Crippen LogP contribution in [0, 0.1) is 0 Å². The minimum Gasteiger partial charge on any atom is -0.445 e. The molecule has 0 saturated carbocycles. The molecule has 1 fully saturated rings. The highest BCUT2D eigenvalue weighted by molar-refractivity contribution is 9.10. The topological polar surface area (TPSA) is 62.4 Å². The van der Waals surface area contributed by atoms with E-state index in [2.05, 4.69) is 20.9 Å². The summed E-state index contributed by atoms with van der Waals surface area (Å²) < 4.78 is 6.41. The summed E-state index contributed by atoms with van der Waals surface area (Å²) >= 11 is 3.47. The zero-order valence-electron chi connectivity index (χ0n) is 15.6. The van der Waals surface area contributed by atoms with Crippen molar-refractivity contribution >= 4 is 38.7 Å². The summed E-state index contributed by atoms with van der Waals surface area (Å²) in [6.07, 6.45) is 2.68.